The number of hydrogen-bond donors (Lipinski definition) is 1. The van der Waals surface area contributed by atoms with Gasteiger partial charge in [0.05, 0.1) is 17.8 Å². The van der Waals surface area contributed by atoms with E-state index in [1.54, 1.807) is 6.07 Å². The minimum atomic E-state index is -0.268. The van der Waals surface area contributed by atoms with E-state index in [9.17, 15) is 9.59 Å². The summed E-state index contributed by atoms with van der Waals surface area (Å²) < 4.78 is 0. The predicted molar refractivity (Wildman–Crippen MR) is 106 cm³/mol. The monoisotopic (exact) mass is 380 g/mol. The molecule has 1 N–H and O–H groups in total. The van der Waals surface area contributed by atoms with E-state index in [1.165, 1.54) is 16.3 Å². The Morgan fingerprint density at radius 2 is 2.07 bits per heavy atom. The Kier molecular flexibility index (Phi) is 5.99. The lowest BCUT2D eigenvalue weighted by Gasteiger charge is -2.11. The number of rotatable bonds is 6. The van der Waals surface area contributed by atoms with E-state index in [1.807, 2.05) is 37.3 Å². The molecule has 1 aliphatic rings. The van der Waals surface area contributed by atoms with Gasteiger partial charge in [-0.25, -0.2) is 5.01 Å². The van der Waals surface area contributed by atoms with Gasteiger partial charge in [0.1, 0.15) is 11.1 Å². The third-order valence-electron chi connectivity index (χ3n) is 4.27. The molecule has 0 saturated heterocycles. The first kappa shape index (κ1) is 18.8. The van der Waals surface area contributed by atoms with E-state index in [2.05, 4.69) is 16.5 Å². The summed E-state index contributed by atoms with van der Waals surface area (Å²) in [7, 11) is 0. The van der Waals surface area contributed by atoms with Crippen LogP contribution in [0.25, 0.3) is 0 Å². The van der Waals surface area contributed by atoms with E-state index in [4.69, 9.17) is 5.26 Å². The molecule has 2 amide bonds. The number of carbonyl (C=O) groups excluding carboxylic acids is 2. The number of nitriles is 1. The number of aryl methyl sites for hydroxylation is 1. The molecule has 0 saturated carbocycles. The van der Waals surface area contributed by atoms with Gasteiger partial charge in [-0.05, 0) is 18.1 Å². The minimum absolute atomic E-state index is 0.0652. The number of amides is 2. The number of nitrogens with zero attached hydrogens (tertiary/aromatic N) is 3. The van der Waals surface area contributed by atoms with E-state index in [0.29, 0.717) is 23.5 Å². The summed E-state index contributed by atoms with van der Waals surface area (Å²) in [6.07, 6.45) is 1.67. The zero-order valence-corrected chi connectivity index (χ0v) is 15.9. The molecule has 0 atom stereocenters. The molecule has 0 unspecified atom stereocenters. The average Bonchev–Trinajstić information content (AvgIpc) is 3.34. The number of benzene rings is 1. The molecule has 1 aliphatic heterocycles. The quantitative estimate of drug-likeness (QED) is 0.832. The molecule has 6 nitrogen and oxygen atoms in total. The summed E-state index contributed by atoms with van der Waals surface area (Å²) in [6, 6.07) is 13.6. The number of hydrazone groups is 1. The minimum Gasteiger partial charge on any atom is -0.317 e. The van der Waals surface area contributed by atoms with Crippen LogP contribution >= 0.6 is 11.3 Å². The Bertz CT molecular complexity index is 912. The van der Waals surface area contributed by atoms with Crippen LogP contribution in [-0.2, 0) is 16.0 Å². The maximum absolute atomic E-state index is 12.3. The second kappa shape index (κ2) is 8.60. The van der Waals surface area contributed by atoms with Crippen LogP contribution in [0.5, 0.6) is 0 Å². The van der Waals surface area contributed by atoms with Crippen LogP contribution in [-0.4, -0.2) is 29.1 Å². The first-order chi connectivity index (χ1) is 13.1. The van der Waals surface area contributed by atoms with Gasteiger partial charge in [0.2, 0.25) is 11.8 Å². The van der Waals surface area contributed by atoms with Crippen molar-refractivity contribution in [2.75, 3.05) is 11.9 Å². The SMILES string of the molecule is CCc1cc(C#N)c(NC(=O)CCC(=O)N2CCC(c3ccccc3)=N2)s1. The van der Waals surface area contributed by atoms with Gasteiger partial charge < -0.3 is 5.32 Å². The standard InChI is InChI=1S/C20H20N4O2S/c1-2-16-12-15(13-21)20(27-16)22-18(25)8-9-19(26)24-11-10-17(23-24)14-6-4-3-5-7-14/h3-7,12H,2,8-11H2,1H3,(H,22,25). The highest BCUT2D eigenvalue weighted by molar-refractivity contribution is 7.16. The van der Waals surface area contributed by atoms with Gasteiger partial charge in [-0.2, -0.15) is 10.4 Å². The summed E-state index contributed by atoms with van der Waals surface area (Å²) in [5.41, 5.74) is 2.37. The van der Waals surface area contributed by atoms with Crippen LogP contribution in [0.1, 0.15) is 42.2 Å². The number of anilines is 1. The second-order valence-electron chi connectivity index (χ2n) is 6.15. The Labute approximate surface area is 162 Å². The molecule has 0 radical (unpaired) electrons. The second-order valence-corrected chi connectivity index (χ2v) is 7.29. The van der Waals surface area contributed by atoms with E-state index in [0.717, 1.165) is 22.6 Å². The van der Waals surface area contributed by atoms with E-state index < -0.39 is 0 Å². The summed E-state index contributed by atoms with van der Waals surface area (Å²) in [4.78, 5) is 25.5. The van der Waals surface area contributed by atoms with Crippen molar-refractivity contribution in [2.24, 2.45) is 5.10 Å². The fourth-order valence-corrected chi connectivity index (χ4v) is 3.76. The zero-order chi connectivity index (χ0) is 19.2. The maximum Gasteiger partial charge on any atom is 0.243 e. The van der Waals surface area contributed by atoms with Gasteiger partial charge in [-0.15, -0.1) is 11.3 Å². The number of nitrogens with one attached hydrogen (secondary N) is 1. The molecule has 0 spiro atoms. The summed E-state index contributed by atoms with van der Waals surface area (Å²) in [5, 5.41) is 18.3. The van der Waals surface area contributed by atoms with E-state index >= 15 is 0 Å². The van der Waals surface area contributed by atoms with Crippen LogP contribution in [0.2, 0.25) is 0 Å². The molecule has 7 heteroatoms. The Balaban J connectivity index is 1.54. The zero-order valence-electron chi connectivity index (χ0n) is 15.1. The van der Waals surface area contributed by atoms with Gasteiger partial charge in [-0.3, -0.25) is 9.59 Å². The lowest BCUT2D eigenvalue weighted by atomic mass is 10.1. The van der Waals surface area contributed by atoms with Crippen molar-refractivity contribution in [3.63, 3.8) is 0 Å². The number of hydrogen-bond acceptors (Lipinski definition) is 5. The molecular weight excluding hydrogens is 360 g/mol. The van der Waals surface area contributed by atoms with Gasteiger partial charge in [0.25, 0.3) is 0 Å². The molecular formula is C20H20N4O2S. The highest BCUT2D eigenvalue weighted by Gasteiger charge is 2.22. The van der Waals surface area contributed by atoms with Gasteiger partial charge >= 0.3 is 0 Å². The molecule has 2 aromatic rings. The molecule has 2 heterocycles. The lowest BCUT2D eigenvalue weighted by molar-refractivity contribution is -0.132. The van der Waals surface area contributed by atoms with Crippen molar-refractivity contribution >= 4 is 33.9 Å². The summed E-state index contributed by atoms with van der Waals surface area (Å²) in [6.45, 7) is 2.53. The van der Waals surface area contributed by atoms with Crippen LogP contribution in [0.15, 0.2) is 41.5 Å². The predicted octanol–water partition coefficient (Wildman–Crippen LogP) is 3.54. The van der Waals surface area contributed by atoms with Crippen molar-refractivity contribution in [3.05, 3.63) is 52.4 Å². The largest absolute Gasteiger partial charge is 0.317 e. The number of carbonyl (C=O) groups is 2. The molecule has 1 aromatic carbocycles. The molecule has 0 aliphatic carbocycles. The Morgan fingerprint density at radius 1 is 1.30 bits per heavy atom. The Hall–Kier alpha value is -2.98. The van der Waals surface area contributed by atoms with Crippen molar-refractivity contribution in [3.8, 4) is 6.07 Å². The first-order valence-corrected chi connectivity index (χ1v) is 9.68. The first-order valence-electron chi connectivity index (χ1n) is 8.86. The van der Waals surface area contributed by atoms with Crippen LogP contribution < -0.4 is 5.32 Å². The molecule has 138 valence electrons. The van der Waals surface area contributed by atoms with Gasteiger partial charge in [0.15, 0.2) is 0 Å². The maximum atomic E-state index is 12.3. The van der Waals surface area contributed by atoms with Crippen LogP contribution in [0, 0.1) is 11.3 Å². The van der Waals surface area contributed by atoms with Crippen molar-refractivity contribution < 1.29 is 9.59 Å². The molecule has 0 bridgehead atoms. The molecule has 1 aromatic heterocycles. The smallest absolute Gasteiger partial charge is 0.243 e. The third-order valence-corrected chi connectivity index (χ3v) is 5.46. The summed E-state index contributed by atoms with van der Waals surface area (Å²) in [5.74, 6) is -0.437. The molecule has 27 heavy (non-hydrogen) atoms. The molecule has 0 fully saturated rings. The van der Waals surface area contributed by atoms with Gasteiger partial charge in [-0.1, -0.05) is 37.3 Å². The van der Waals surface area contributed by atoms with Crippen molar-refractivity contribution in [1.82, 2.24) is 5.01 Å². The molecule has 3 rings (SSSR count). The topological polar surface area (TPSA) is 85.6 Å². The van der Waals surface area contributed by atoms with Gasteiger partial charge in [0, 0.05) is 24.1 Å². The third kappa shape index (κ3) is 4.60. The summed E-state index contributed by atoms with van der Waals surface area (Å²) >= 11 is 1.40. The number of thiophene rings is 1. The highest BCUT2D eigenvalue weighted by Crippen LogP contribution is 2.28. The van der Waals surface area contributed by atoms with Crippen molar-refractivity contribution in [1.29, 1.82) is 5.26 Å². The lowest BCUT2D eigenvalue weighted by Crippen LogP contribution is -2.24. The van der Waals surface area contributed by atoms with Crippen LogP contribution in [0.4, 0.5) is 5.00 Å². The fourth-order valence-electron chi connectivity index (χ4n) is 2.80. The van der Waals surface area contributed by atoms with E-state index in [-0.39, 0.29) is 24.7 Å². The fraction of sp³-hybridized carbons (Fsp3) is 0.300. The normalized spacial score (nSPS) is 13.2. The highest BCUT2D eigenvalue weighted by atomic mass is 32.1. The van der Waals surface area contributed by atoms with Crippen LogP contribution in [0.3, 0.4) is 0 Å². The average molecular weight is 380 g/mol. The Morgan fingerprint density at radius 3 is 2.78 bits per heavy atom. The van der Waals surface area contributed by atoms with Crippen molar-refractivity contribution in [2.45, 2.75) is 32.6 Å².